The second kappa shape index (κ2) is 3.93. The first-order valence-electron chi connectivity index (χ1n) is 5.29. The third-order valence-corrected chi connectivity index (χ3v) is 2.39. The van der Waals surface area contributed by atoms with Crippen LogP contribution in [0.1, 0.15) is 25.8 Å². The molecule has 2 rings (SSSR count). The number of carbonyl (C=O) groups is 1. The summed E-state index contributed by atoms with van der Waals surface area (Å²) in [6.45, 7) is 4.17. The Morgan fingerprint density at radius 1 is 1.33 bits per heavy atom. The molecule has 0 bridgehead atoms. The predicted octanol–water partition coefficient (Wildman–Crippen LogP) is 2.22. The Hall–Kier alpha value is -1.51. The van der Waals surface area contributed by atoms with Gasteiger partial charge in [-0.2, -0.15) is 0 Å². The van der Waals surface area contributed by atoms with Gasteiger partial charge in [0.2, 0.25) is 5.91 Å². The van der Waals surface area contributed by atoms with Crippen LogP contribution in [0.15, 0.2) is 18.2 Å². The zero-order chi connectivity index (χ0) is 10.8. The quantitative estimate of drug-likeness (QED) is 0.800. The molecule has 0 aromatic heterocycles. The molecule has 15 heavy (non-hydrogen) atoms. The Morgan fingerprint density at radius 2 is 2.13 bits per heavy atom. The van der Waals surface area contributed by atoms with Crippen LogP contribution in [0.3, 0.4) is 0 Å². The normalized spacial score (nSPS) is 14.7. The SMILES string of the molecule is CC(C)Nc1ccc2c(c1)[N]C(=O)CC2. The molecule has 0 unspecified atom stereocenters. The molecule has 0 saturated carbocycles. The molecule has 79 valence electrons. The van der Waals surface area contributed by atoms with Crippen molar-refractivity contribution >= 4 is 17.3 Å². The highest BCUT2D eigenvalue weighted by molar-refractivity contribution is 5.84. The lowest BCUT2D eigenvalue weighted by molar-refractivity contribution is -0.120. The van der Waals surface area contributed by atoms with Gasteiger partial charge in [-0.15, -0.1) is 0 Å². The van der Waals surface area contributed by atoms with Gasteiger partial charge >= 0.3 is 0 Å². The first-order valence-corrected chi connectivity index (χ1v) is 5.29. The molecular formula is C12H15N2O. The molecule has 0 spiro atoms. The summed E-state index contributed by atoms with van der Waals surface area (Å²) < 4.78 is 0. The number of carbonyl (C=O) groups excluding carboxylic acids is 1. The van der Waals surface area contributed by atoms with E-state index in [0.717, 1.165) is 17.8 Å². The van der Waals surface area contributed by atoms with Crippen LogP contribution >= 0.6 is 0 Å². The van der Waals surface area contributed by atoms with E-state index in [1.165, 1.54) is 5.56 Å². The maximum atomic E-state index is 11.2. The zero-order valence-electron chi connectivity index (χ0n) is 9.08. The number of hydrogen-bond acceptors (Lipinski definition) is 2. The average molecular weight is 203 g/mol. The summed E-state index contributed by atoms with van der Waals surface area (Å²) in [6.07, 6.45) is 1.36. The topological polar surface area (TPSA) is 43.2 Å². The van der Waals surface area contributed by atoms with E-state index in [4.69, 9.17) is 0 Å². The van der Waals surface area contributed by atoms with E-state index in [0.29, 0.717) is 12.5 Å². The summed E-state index contributed by atoms with van der Waals surface area (Å²) in [7, 11) is 0. The van der Waals surface area contributed by atoms with Crippen molar-refractivity contribution in [3.63, 3.8) is 0 Å². The maximum Gasteiger partial charge on any atom is 0.246 e. The van der Waals surface area contributed by atoms with Crippen molar-refractivity contribution in [2.24, 2.45) is 0 Å². The first-order chi connectivity index (χ1) is 7.15. The maximum absolute atomic E-state index is 11.2. The fraction of sp³-hybridized carbons (Fsp3) is 0.417. The summed E-state index contributed by atoms with van der Waals surface area (Å²) in [4.78, 5) is 11.2. The molecule has 1 aromatic rings. The van der Waals surface area contributed by atoms with Crippen molar-refractivity contribution in [3.05, 3.63) is 23.8 Å². The van der Waals surface area contributed by atoms with Crippen molar-refractivity contribution in [3.8, 4) is 0 Å². The van der Waals surface area contributed by atoms with Crippen molar-refractivity contribution in [1.29, 1.82) is 0 Å². The Morgan fingerprint density at radius 3 is 2.87 bits per heavy atom. The van der Waals surface area contributed by atoms with Crippen LogP contribution in [0.2, 0.25) is 0 Å². The summed E-state index contributed by atoms with van der Waals surface area (Å²) >= 11 is 0. The molecule has 0 saturated heterocycles. The van der Waals surface area contributed by atoms with Gasteiger partial charge in [-0.25, -0.2) is 5.32 Å². The molecular weight excluding hydrogens is 188 g/mol. The fourth-order valence-electron chi connectivity index (χ4n) is 1.73. The van der Waals surface area contributed by atoms with Crippen LogP contribution in [0.4, 0.5) is 11.4 Å². The smallest absolute Gasteiger partial charge is 0.246 e. The van der Waals surface area contributed by atoms with Crippen LogP contribution in [-0.4, -0.2) is 11.9 Å². The van der Waals surface area contributed by atoms with Crippen LogP contribution in [-0.2, 0) is 11.2 Å². The minimum Gasteiger partial charge on any atom is -0.383 e. The average Bonchev–Trinajstić information content (AvgIpc) is 2.16. The second-order valence-electron chi connectivity index (χ2n) is 4.15. The Balaban J connectivity index is 2.24. The zero-order valence-corrected chi connectivity index (χ0v) is 9.08. The first kappa shape index (κ1) is 10.0. The molecule has 1 N–H and O–H groups in total. The molecule has 0 aliphatic carbocycles. The van der Waals surface area contributed by atoms with Gasteiger partial charge in [0.1, 0.15) is 0 Å². The van der Waals surface area contributed by atoms with Gasteiger partial charge < -0.3 is 5.32 Å². The molecule has 1 heterocycles. The van der Waals surface area contributed by atoms with E-state index < -0.39 is 0 Å². The van der Waals surface area contributed by atoms with Crippen LogP contribution < -0.4 is 10.6 Å². The molecule has 0 fully saturated rings. The third-order valence-electron chi connectivity index (χ3n) is 2.39. The number of rotatable bonds is 2. The minimum absolute atomic E-state index is 0.0100. The molecule has 1 radical (unpaired) electrons. The summed E-state index contributed by atoms with van der Waals surface area (Å²) in [5.74, 6) is -0.0100. The summed E-state index contributed by atoms with van der Waals surface area (Å²) in [6, 6.07) is 6.44. The van der Waals surface area contributed by atoms with Gasteiger partial charge in [-0.05, 0) is 38.0 Å². The number of nitrogens with zero attached hydrogens (tertiary/aromatic N) is 1. The van der Waals surface area contributed by atoms with Crippen LogP contribution in [0.5, 0.6) is 0 Å². The molecule has 0 atom stereocenters. The van der Waals surface area contributed by atoms with Crippen molar-refractivity contribution in [2.45, 2.75) is 32.7 Å². The lowest BCUT2D eigenvalue weighted by atomic mass is 10.0. The van der Waals surface area contributed by atoms with Gasteiger partial charge in [0.25, 0.3) is 0 Å². The number of aryl methyl sites for hydroxylation is 1. The van der Waals surface area contributed by atoms with Gasteiger partial charge in [0.05, 0.1) is 5.69 Å². The second-order valence-corrected chi connectivity index (χ2v) is 4.15. The standard InChI is InChI=1S/C12H15N2O/c1-8(2)13-10-5-3-9-4-6-12(15)14-11(9)7-10/h3,5,7-8,13H,4,6H2,1-2H3. The fourth-order valence-corrected chi connectivity index (χ4v) is 1.73. The summed E-state index contributed by atoms with van der Waals surface area (Å²) in [5.41, 5.74) is 3.03. The number of benzene rings is 1. The number of amides is 1. The van der Waals surface area contributed by atoms with E-state index in [1.807, 2.05) is 12.1 Å². The van der Waals surface area contributed by atoms with Crippen molar-refractivity contribution < 1.29 is 4.79 Å². The third kappa shape index (κ3) is 2.29. The Kier molecular flexibility index (Phi) is 2.62. The predicted molar refractivity (Wildman–Crippen MR) is 60.3 cm³/mol. The molecule has 3 heteroatoms. The van der Waals surface area contributed by atoms with Gasteiger partial charge in [-0.3, -0.25) is 4.79 Å². The van der Waals surface area contributed by atoms with E-state index in [1.54, 1.807) is 0 Å². The van der Waals surface area contributed by atoms with Gasteiger partial charge in [-0.1, -0.05) is 6.07 Å². The van der Waals surface area contributed by atoms with Crippen LogP contribution in [0, 0.1) is 0 Å². The lowest BCUT2D eigenvalue weighted by Crippen LogP contribution is -2.18. The highest BCUT2D eigenvalue weighted by Crippen LogP contribution is 2.26. The number of nitrogens with one attached hydrogen (secondary N) is 1. The van der Waals surface area contributed by atoms with E-state index in [-0.39, 0.29) is 5.91 Å². The monoisotopic (exact) mass is 203 g/mol. The van der Waals surface area contributed by atoms with Crippen LogP contribution in [0.25, 0.3) is 0 Å². The number of hydrogen-bond donors (Lipinski definition) is 1. The molecule has 1 aliphatic heterocycles. The Labute approximate surface area is 89.9 Å². The number of fused-ring (bicyclic) bond motifs is 1. The largest absolute Gasteiger partial charge is 0.383 e. The lowest BCUT2D eigenvalue weighted by Gasteiger charge is -2.17. The van der Waals surface area contributed by atoms with E-state index in [9.17, 15) is 4.79 Å². The van der Waals surface area contributed by atoms with Crippen molar-refractivity contribution in [1.82, 2.24) is 5.32 Å². The molecule has 1 amide bonds. The highest BCUT2D eigenvalue weighted by Gasteiger charge is 2.16. The minimum atomic E-state index is -0.0100. The molecule has 1 aromatic carbocycles. The summed E-state index contributed by atoms with van der Waals surface area (Å²) in [5, 5.41) is 7.33. The highest BCUT2D eigenvalue weighted by atomic mass is 16.1. The van der Waals surface area contributed by atoms with Gasteiger partial charge in [0, 0.05) is 18.2 Å². The number of anilines is 1. The Bertz CT molecular complexity index is 385. The van der Waals surface area contributed by atoms with Crippen molar-refractivity contribution in [2.75, 3.05) is 5.32 Å². The molecule has 1 aliphatic rings. The molecule has 3 nitrogen and oxygen atoms in total. The van der Waals surface area contributed by atoms with E-state index >= 15 is 0 Å². The van der Waals surface area contributed by atoms with Gasteiger partial charge in [0.15, 0.2) is 0 Å². The van der Waals surface area contributed by atoms with E-state index in [2.05, 4.69) is 30.5 Å².